The number of nitrogens with one attached hydrogen (secondary N) is 3. The van der Waals surface area contributed by atoms with E-state index in [9.17, 15) is 4.79 Å². The van der Waals surface area contributed by atoms with Crippen molar-refractivity contribution in [3.05, 3.63) is 64.3 Å². The Kier molecular flexibility index (Phi) is 4.49. The van der Waals surface area contributed by atoms with Gasteiger partial charge in [-0.15, -0.1) is 0 Å². The molecule has 31 heavy (non-hydrogen) atoms. The second-order valence-corrected chi connectivity index (χ2v) is 8.76. The Morgan fingerprint density at radius 2 is 2.00 bits per heavy atom. The van der Waals surface area contributed by atoms with Gasteiger partial charge < -0.3 is 20.8 Å². The number of halogens is 1. The maximum atomic E-state index is 12.8. The number of rotatable bonds is 4. The number of carbonyl (C=O) groups excluding carboxylic acids is 1. The third-order valence-electron chi connectivity index (χ3n) is 6.45. The molecule has 0 aromatic heterocycles. The third kappa shape index (κ3) is 3.20. The molecule has 0 saturated carbocycles. The number of oxime groups is 1. The van der Waals surface area contributed by atoms with Crippen LogP contribution in [0.3, 0.4) is 0 Å². The zero-order valence-corrected chi connectivity index (χ0v) is 17.6. The van der Waals surface area contributed by atoms with Gasteiger partial charge >= 0.3 is 0 Å². The first-order chi connectivity index (χ1) is 15.2. The van der Waals surface area contributed by atoms with Gasteiger partial charge in [-0.2, -0.15) is 0 Å². The van der Waals surface area contributed by atoms with Crippen molar-refractivity contribution in [2.24, 2.45) is 5.16 Å². The average molecular weight is 436 g/mol. The van der Waals surface area contributed by atoms with Gasteiger partial charge in [0.2, 0.25) is 0 Å². The molecule has 0 radical (unpaired) electrons. The van der Waals surface area contributed by atoms with E-state index in [1.165, 1.54) is 6.42 Å². The normalized spacial score (nSPS) is 27.4. The highest BCUT2D eigenvalue weighted by Gasteiger charge is 2.37. The number of piperazine rings is 1. The summed E-state index contributed by atoms with van der Waals surface area (Å²) in [5, 5.41) is 14.9. The minimum atomic E-state index is -0.180. The maximum absolute atomic E-state index is 12.8. The second-order valence-electron chi connectivity index (χ2n) is 8.33. The Morgan fingerprint density at radius 3 is 2.84 bits per heavy atom. The number of hydrogen-bond acceptors (Lipinski definition) is 6. The van der Waals surface area contributed by atoms with Crippen molar-refractivity contribution in [1.29, 1.82) is 0 Å². The molecule has 0 unspecified atom stereocenters. The number of amides is 1. The molecule has 2 bridgehead atoms. The number of likely N-dealkylation sites (tertiary alicyclic amines) is 1. The van der Waals surface area contributed by atoms with Gasteiger partial charge in [0, 0.05) is 59.2 Å². The van der Waals surface area contributed by atoms with Crippen LogP contribution in [0.1, 0.15) is 17.5 Å². The van der Waals surface area contributed by atoms with Crippen LogP contribution >= 0.6 is 11.6 Å². The van der Waals surface area contributed by atoms with Crippen molar-refractivity contribution in [3.63, 3.8) is 0 Å². The lowest BCUT2D eigenvalue weighted by Crippen LogP contribution is -2.44. The van der Waals surface area contributed by atoms with Gasteiger partial charge in [0.25, 0.3) is 5.91 Å². The summed E-state index contributed by atoms with van der Waals surface area (Å²) in [6.45, 7) is 3.48. The van der Waals surface area contributed by atoms with Crippen LogP contribution in [-0.2, 0) is 9.63 Å². The molecule has 0 spiro atoms. The van der Waals surface area contributed by atoms with Gasteiger partial charge in [0.15, 0.2) is 0 Å². The van der Waals surface area contributed by atoms with Crippen molar-refractivity contribution in [3.8, 4) is 0 Å². The number of hydrogen-bond donors (Lipinski definition) is 3. The molecule has 4 aliphatic rings. The van der Waals surface area contributed by atoms with Crippen LogP contribution in [0.15, 0.2) is 53.3 Å². The molecule has 6 rings (SSSR count). The van der Waals surface area contributed by atoms with E-state index >= 15 is 0 Å². The first kappa shape index (κ1) is 18.9. The fourth-order valence-electron chi connectivity index (χ4n) is 4.98. The zero-order chi connectivity index (χ0) is 20.9. The fourth-order valence-corrected chi connectivity index (χ4v) is 5.15. The van der Waals surface area contributed by atoms with Crippen LogP contribution in [0.25, 0.3) is 5.57 Å². The van der Waals surface area contributed by atoms with E-state index in [-0.39, 0.29) is 5.91 Å². The molecule has 8 heteroatoms. The fraction of sp³-hybridized carbons (Fsp3) is 0.304. The standard InChI is InChI=1S/C23H22ClN5O2/c24-13-5-6-19-17(9-13)20(23(30)27-19)22-21(16-3-1-2-4-18(16)26-22)28-31-8-7-29-12-14-10-15(29)11-25-14/h1-6,9,14-15,25-26H,7-8,10-12H2,(H,27,30)/b22-20-,28-21+/t14-,15-/m0/s1. The predicted molar refractivity (Wildman–Crippen MR) is 121 cm³/mol. The number of carbonyl (C=O) groups is 1. The number of nitrogens with zero attached hydrogens (tertiary/aromatic N) is 2. The lowest BCUT2D eigenvalue weighted by atomic mass is 10.0. The van der Waals surface area contributed by atoms with E-state index in [1.54, 1.807) is 12.1 Å². The van der Waals surface area contributed by atoms with E-state index in [0.29, 0.717) is 40.7 Å². The molecule has 2 atom stereocenters. The molecule has 0 aliphatic carbocycles. The van der Waals surface area contributed by atoms with Gasteiger partial charge in [-0.25, -0.2) is 0 Å². The van der Waals surface area contributed by atoms with Gasteiger partial charge in [0.05, 0.1) is 11.3 Å². The highest BCUT2D eigenvalue weighted by Crippen LogP contribution is 2.40. The summed E-state index contributed by atoms with van der Waals surface area (Å²) in [6, 6.07) is 14.5. The quantitative estimate of drug-likeness (QED) is 0.391. The molecule has 4 heterocycles. The van der Waals surface area contributed by atoms with Crippen LogP contribution in [0.5, 0.6) is 0 Å². The molecule has 2 saturated heterocycles. The predicted octanol–water partition coefficient (Wildman–Crippen LogP) is 2.90. The van der Waals surface area contributed by atoms with Crippen LogP contribution in [0.4, 0.5) is 11.4 Å². The minimum absolute atomic E-state index is 0.180. The van der Waals surface area contributed by atoms with E-state index < -0.39 is 0 Å². The van der Waals surface area contributed by atoms with Crippen molar-refractivity contribution in [2.75, 3.05) is 36.9 Å². The Balaban J connectivity index is 1.31. The van der Waals surface area contributed by atoms with E-state index in [1.807, 2.05) is 30.3 Å². The van der Waals surface area contributed by atoms with Gasteiger partial charge in [0.1, 0.15) is 12.3 Å². The summed E-state index contributed by atoms with van der Waals surface area (Å²) < 4.78 is 0. The Labute approximate surface area is 185 Å². The van der Waals surface area contributed by atoms with Crippen LogP contribution < -0.4 is 16.0 Å². The monoisotopic (exact) mass is 435 g/mol. The van der Waals surface area contributed by atoms with Crippen molar-refractivity contribution < 1.29 is 9.63 Å². The van der Waals surface area contributed by atoms with E-state index in [4.69, 9.17) is 16.4 Å². The first-order valence-corrected chi connectivity index (χ1v) is 10.9. The lowest BCUT2D eigenvalue weighted by Gasteiger charge is -2.26. The summed E-state index contributed by atoms with van der Waals surface area (Å²) in [6.07, 6.45) is 1.22. The summed E-state index contributed by atoms with van der Waals surface area (Å²) in [4.78, 5) is 21.1. The summed E-state index contributed by atoms with van der Waals surface area (Å²) in [7, 11) is 0. The molecule has 2 fully saturated rings. The van der Waals surface area contributed by atoms with Gasteiger partial charge in [-0.3, -0.25) is 9.69 Å². The lowest BCUT2D eigenvalue weighted by molar-refractivity contribution is -0.110. The highest BCUT2D eigenvalue weighted by atomic mass is 35.5. The topological polar surface area (TPSA) is 78.0 Å². The molecule has 3 N–H and O–H groups in total. The largest absolute Gasteiger partial charge is 0.394 e. The number of allylic oxidation sites excluding steroid dienone is 1. The Bertz CT molecular complexity index is 1140. The molecule has 1 amide bonds. The van der Waals surface area contributed by atoms with Crippen LogP contribution in [-0.4, -0.2) is 54.8 Å². The molecular formula is C23H22ClN5O2. The smallest absolute Gasteiger partial charge is 0.258 e. The van der Waals surface area contributed by atoms with Crippen molar-refractivity contribution in [1.82, 2.24) is 10.2 Å². The Hall–Kier alpha value is -2.87. The molecule has 4 aliphatic heterocycles. The number of para-hydroxylation sites is 1. The molecule has 2 aromatic rings. The SMILES string of the molecule is O=C1Nc2ccc(Cl)cc2/C1=C1/Nc2ccccc2/C1=N\OCCN1C[C@@H]2C[C@H]1CN2. The zero-order valence-electron chi connectivity index (χ0n) is 16.8. The van der Waals surface area contributed by atoms with Gasteiger partial charge in [-0.05, 0) is 30.7 Å². The maximum Gasteiger partial charge on any atom is 0.258 e. The summed E-state index contributed by atoms with van der Waals surface area (Å²) in [5.41, 5.74) is 5.13. The minimum Gasteiger partial charge on any atom is -0.394 e. The highest BCUT2D eigenvalue weighted by molar-refractivity contribution is 6.40. The molecule has 2 aromatic carbocycles. The molecule has 158 valence electrons. The average Bonchev–Trinajstić information content (AvgIpc) is 3.52. The van der Waals surface area contributed by atoms with Crippen LogP contribution in [0, 0.1) is 0 Å². The van der Waals surface area contributed by atoms with Gasteiger partial charge in [-0.1, -0.05) is 35.0 Å². The van der Waals surface area contributed by atoms with E-state index in [0.717, 1.165) is 42.1 Å². The summed E-state index contributed by atoms with van der Waals surface area (Å²) >= 11 is 6.21. The van der Waals surface area contributed by atoms with Crippen molar-refractivity contribution in [2.45, 2.75) is 18.5 Å². The number of benzene rings is 2. The second kappa shape index (κ2) is 7.37. The van der Waals surface area contributed by atoms with E-state index in [2.05, 4.69) is 26.0 Å². The van der Waals surface area contributed by atoms with Crippen molar-refractivity contribution >= 4 is 40.2 Å². The first-order valence-electron chi connectivity index (χ1n) is 10.6. The number of anilines is 2. The molecule has 7 nitrogen and oxygen atoms in total. The Morgan fingerprint density at radius 1 is 1.13 bits per heavy atom. The van der Waals surface area contributed by atoms with Crippen LogP contribution in [0.2, 0.25) is 5.02 Å². The third-order valence-corrected chi connectivity index (χ3v) is 6.69. The molecular weight excluding hydrogens is 414 g/mol. The summed E-state index contributed by atoms with van der Waals surface area (Å²) in [5.74, 6) is -0.180. The number of fused-ring (bicyclic) bond motifs is 4.